The van der Waals surface area contributed by atoms with Crippen LogP contribution >= 0.6 is 0 Å². The van der Waals surface area contributed by atoms with Crippen molar-refractivity contribution in [2.45, 2.75) is 47.0 Å². The molecule has 0 radical (unpaired) electrons. The number of aryl methyl sites for hydroxylation is 1. The third kappa shape index (κ3) is 4.12. The van der Waals surface area contributed by atoms with E-state index in [1.165, 1.54) is 0 Å². The zero-order chi connectivity index (χ0) is 22.1. The summed E-state index contributed by atoms with van der Waals surface area (Å²) >= 11 is 0. The first kappa shape index (κ1) is 21.3. The molecule has 0 aliphatic heterocycles. The van der Waals surface area contributed by atoms with Crippen molar-refractivity contribution in [3.8, 4) is 5.82 Å². The van der Waals surface area contributed by atoms with Crippen molar-refractivity contribution in [1.29, 1.82) is 0 Å². The van der Waals surface area contributed by atoms with E-state index in [2.05, 4.69) is 20.4 Å². The van der Waals surface area contributed by atoms with Crippen LogP contribution in [-0.2, 0) is 10.2 Å². The molecule has 0 spiro atoms. The SMILES string of the molecule is CCOC(=O)c1c(C)[nH]c(C(=O)Nc2cc(C(C)(C)C)nn2-c2ccccn2)c1C. The van der Waals surface area contributed by atoms with Crippen LogP contribution in [0.1, 0.15) is 65.5 Å². The standard InChI is InChI=1S/C22H27N5O3/c1-7-30-21(29)18-13(2)19(24-14(18)3)20(28)25-17-12-15(22(4,5)6)26-27(17)16-10-8-9-11-23-16/h8-12,24H,7H2,1-6H3,(H,25,28). The number of ether oxygens (including phenoxy) is 1. The summed E-state index contributed by atoms with van der Waals surface area (Å²) in [7, 11) is 0. The lowest BCUT2D eigenvalue weighted by molar-refractivity contribution is 0.0525. The van der Waals surface area contributed by atoms with Gasteiger partial charge in [-0.3, -0.25) is 4.79 Å². The quantitative estimate of drug-likeness (QED) is 0.622. The average Bonchev–Trinajstić information content (AvgIpc) is 3.23. The summed E-state index contributed by atoms with van der Waals surface area (Å²) < 4.78 is 6.71. The van der Waals surface area contributed by atoms with Gasteiger partial charge >= 0.3 is 5.97 Å². The first-order valence-corrected chi connectivity index (χ1v) is 9.83. The second-order valence-corrected chi connectivity index (χ2v) is 8.06. The molecule has 0 aromatic carbocycles. The lowest BCUT2D eigenvalue weighted by Crippen LogP contribution is -2.17. The van der Waals surface area contributed by atoms with E-state index in [1.54, 1.807) is 31.6 Å². The Balaban J connectivity index is 1.99. The number of hydrogen-bond donors (Lipinski definition) is 2. The van der Waals surface area contributed by atoms with E-state index >= 15 is 0 Å². The first-order valence-electron chi connectivity index (χ1n) is 9.83. The van der Waals surface area contributed by atoms with Gasteiger partial charge in [-0.15, -0.1) is 0 Å². The van der Waals surface area contributed by atoms with Crippen molar-refractivity contribution in [1.82, 2.24) is 19.7 Å². The van der Waals surface area contributed by atoms with Crippen LogP contribution in [0.5, 0.6) is 0 Å². The predicted molar refractivity (Wildman–Crippen MR) is 114 cm³/mol. The highest BCUT2D eigenvalue weighted by Crippen LogP contribution is 2.27. The van der Waals surface area contributed by atoms with Gasteiger partial charge in [0.25, 0.3) is 5.91 Å². The maximum Gasteiger partial charge on any atom is 0.340 e. The third-order valence-corrected chi connectivity index (χ3v) is 4.73. The molecule has 8 nitrogen and oxygen atoms in total. The van der Waals surface area contributed by atoms with Gasteiger partial charge in [0.15, 0.2) is 5.82 Å². The fraction of sp³-hybridized carbons (Fsp3) is 0.364. The number of aromatic nitrogens is 4. The Kier molecular flexibility index (Phi) is 5.78. The van der Waals surface area contributed by atoms with E-state index in [-0.39, 0.29) is 17.9 Å². The molecule has 0 aliphatic rings. The number of rotatable bonds is 5. The zero-order valence-electron chi connectivity index (χ0n) is 18.2. The molecular weight excluding hydrogens is 382 g/mol. The first-order chi connectivity index (χ1) is 14.1. The van der Waals surface area contributed by atoms with E-state index < -0.39 is 5.97 Å². The zero-order valence-corrected chi connectivity index (χ0v) is 18.2. The van der Waals surface area contributed by atoms with Gasteiger partial charge in [-0.05, 0) is 38.5 Å². The van der Waals surface area contributed by atoms with E-state index in [1.807, 2.05) is 45.0 Å². The van der Waals surface area contributed by atoms with Gasteiger partial charge in [-0.1, -0.05) is 26.8 Å². The normalized spacial score (nSPS) is 11.4. The molecular formula is C22H27N5O3. The van der Waals surface area contributed by atoms with E-state index in [9.17, 15) is 9.59 Å². The minimum Gasteiger partial charge on any atom is -0.462 e. The van der Waals surface area contributed by atoms with E-state index in [4.69, 9.17) is 4.74 Å². The van der Waals surface area contributed by atoms with Crippen LogP contribution in [0, 0.1) is 13.8 Å². The van der Waals surface area contributed by atoms with Gasteiger partial charge < -0.3 is 15.0 Å². The Bertz CT molecular complexity index is 1070. The molecule has 3 aromatic rings. The Morgan fingerprint density at radius 3 is 2.57 bits per heavy atom. The molecule has 0 aliphatic carbocycles. The summed E-state index contributed by atoms with van der Waals surface area (Å²) in [5.41, 5.74) is 2.43. The highest BCUT2D eigenvalue weighted by atomic mass is 16.5. The second-order valence-electron chi connectivity index (χ2n) is 8.06. The molecule has 2 N–H and O–H groups in total. The van der Waals surface area contributed by atoms with Crippen LogP contribution in [0.4, 0.5) is 5.82 Å². The van der Waals surface area contributed by atoms with Crippen molar-refractivity contribution in [2.75, 3.05) is 11.9 Å². The fourth-order valence-corrected chi connectivity index (χ4v) is 3.16. The molecule has 0 fully saturated rings. The summed E-state index contributed by atoms with van der Waals surface area (Å²) in [5.74, 6) is 0.267. The van der Waals surface area contributed by atoms with Gasteiger partial charge in [0, 0.05) is 23.4 Å². The summed E-state index contributed by atoms with van der Waals surface area (Å²) in [4.78, 5) is 32.7. The molecule has 0 saturated carbocycles. The van der Waals surface area contributed by atoms with Gasteiger partial charge in [0.05, 0.1) is 17.9 Å². The minimum atomic E-state index is -0.448. The summed E-state index contributed by atoms with van der Waals surface area (Å²) in [6.45, 7) is 11.6. The second kappa shape index (κ2) is 8.14. The monoisotopic (exact) mass is 409 g/mol. The Hall–Kier alpha value is -3.42. The molecule has 3 heterocycles. The Labute approximate surface area is 175 Å². The maximum absolute atomic E-state index is 13.1. The molecule has 0 unspecified atom stereocenters. The number of nitrogens with zero attached hydrogens (tertiary/aromatic N) is 3. The average molecular weight is 409 g/mol. The number of nitrogens with one attached hydrogen (secondary N) is 2. The number of amides is 1. The molecule has 3 rings (SSSR count). The summed E-state index contributed by atoms with van der Waals surface area (Å²) in [5, 5.41) is 7.56. The molecule has 0 saturated heterocycles. The fourth-order valence-electron chi connectivity index (χ4n) is 3.16. The third-order valence-electron chi connectivity index (χ3n) is 4.73. The maximum atomic E-state index is 13.1. The Morgan fingerprint density at radius 1 is 1.23 bits per heavy atom. The van der Waals surface area contributed by atoms with Crippen LogP contribution in [0.3, 0.4) is 0 Å². The van der Waals surface area contributed by atoms with Crippen molar-refractivity contribution in [2.24, 2.45) is 0 Å². The van der Waals surface area contributed by atoms with Crippen LogP contribution < -0.4 is 5.32 Å². The van der Waals surface area contributed by atoms with Gasteiger partial charge in [0.2, 0.25) is 0 Å². The molecule has 0 atom stereocenters. The number of anilines is 1. The van der Waals surface area contributed by atoms with Crippen molar-refractivity contribution >= 4 is 17.7 Å². The van der Waals surface area contributed by atoms with Crippen LogP contribution in [0.15, 0.2) is 30.5 Å². The molecule has 3 aromatic heterocycles. The number of esters is 1. The summed E-state index contributed by atoms with van der Waals surface area (Å²) in [6, 6.07) is 7.33. The topological polar surface area (TPSA) is 102 Å². The number of carbonyl (C=O) groups is 2. The number of H-pyrrole nitrogens is 1. The minimum absolute atomic E-state index is 0.213. The van der Waals surface area contributed by atoms with Crippen molar-refractivity contribution < 1.29 is 14.3 Å². The van der Waals surface area contributed by atoms with Crippen LogP contribution in [0.2, 0.25) is 0 Å². The molecule has 0 bridgehead atoms. The number of hydrogen-bond acceptors (Lipinski definition) is 5. The smallest absolute Gasteiger partial charge is 0.340 e. The Morgan fingerprint density at radius 2 is 1.97 bits per heavy atom. The lowest BCUT2D eigenvalue weighted by Gasteiger charge is -2.13. The van der Waals surface area contributed by atoms with Crippen LogP contribution in [-0.4, -0.2) is 38.2 Å². The van der Waals surface area contributed by atoms with Crippen molar-refractivity contribution in [3.63, 3.8) is 0 Å². The molecule has 30 heavy (non-hydrogen) atoms. The predicted octanol–water partition coefficient (Wildman–Crippen LogP) is 3.94. The van der Waals surface area contributed by atoms with E-state index in [0.717, 1.165) is 5.69 Å². The van der Waals surface area contributed by atoms with Crippen molar-refractivity contribution in [3.05, 3.63) is 58.7 Å². The largest absolute Gasteiger partial charge is 0.462 e. The highest BCUT2D eigenvalue weighted by Gasteiger charge is 2.25. The van der Waals surface area contributed by atoms with E-state index in [0.29, 0.717) is 34.2 Å². The molecule has 158 valence electrons. The molecule has 8 heteroatoms. The summed E-state index contributed by atoms with van der Waals surface area (Å²) in [6.07, 6.45) is 1.67. The van der Waals surface area contributed by atoms with Gasteiger partial charge in [-0.25, -0.2) is 9.78 Å². The number of carbonyl (C=O) groups excluding carboxylic acids is 2. The van der Waals surface area contributed by atoms with Crippen LogP contribution in [0.25, 0.3) is 5.82 Å². The number of pyridine rings is 1. The highest BCUT2D eigenvalue weighted by molar-refractivity contribution is 6.06. The number of aromatic amines is 1. The lowest BCUT2D eigenvalue weighted by atomic mass is 9.92. The van der Waals surface area contributed by atoms with Gasteiger partial charge in [-0.2, -0.15) is 9.78 Å². The van der Waals surface area contributed by atoms with Gasteiger partial charge in [0.1, 0.15) is 11.5 Å². The molecule has 1 amide bonds.